The van der Waals surface area contributed by atoms with Crippen molar-refractivity contribution in [2.45, 2.75) is 19.3 Å². The molecule has 222 valence electrons. The summed E-state index contributed by atoms with van der Waals surface area (Å²) in [6, 6.07) is 55.4. The van der Waals surface area contributed by atoms with Crippen LogP contribution in [0, 0.1) is 0 Å². The van der Waals surface area contributed by atoms with Crippen molar-refractivity contribution >= 4 is 71.3 Å². The maximum absolute atomic E-state index is 6.30. The van der Waals surface area contributed by atoms with Gasteiger partial charge in [0, 0.05) is 32.8 Å². The third kappa shape index (κ3) is 3.67. The zero-order valence-electron chi connectivity index (χ0n) is 26.3. The first-order valence-corrected chi connectivity index (χ1v) is 16.4. The van der Waals surface area contributed by atoms with Crippen LogP contribution in [-0.2, 0) is 5.41 Å². The molecule has 1 heterocycles. The molecule has 10 rings (SSSR count). The van der Waals surface area contributed by atoms with Gasteiger partial charge in [-0.2, -0.15) is 0 Å². The Bertz CT molecular complexity index is 2730. The highest BCUT2D eigenvalue weighted by molar-refractivity contribution is 6.22. The Morgan fingerprint density at radius 1 is 0.468 bits per heavy atom. The predicted octanol–water partition coefficient (Wildman–Crippen LogP) is 12.8. The van der Waals surface area contributed by atoms with Gasteiger partial charge in [-0.25, -0.2) is 0 Å². The molecule has 1 aliphatic carbocycles. The van der Waals surface area contributed by atoms with Crippen LogP contribution >= 0.6 is 0 Å². The van der Waals surface area contributed by atoms with Crippen LogP contribution in [0.4, 0.5) is 17.1 Å². The van der Waals surface area contributed by atoms with Crippen molar-refractivity contribution in [2.75, 3.05) is 4.90 Å². The van der Waals surface area contributed by atoms with Crippen LogP contribution in [0.2, 0.25) is 0 Å². The summed E-state index contributed by atoms with van der Waals surface area (Å²) in [5, 5.41) is 9.77. The van der Waals surface area contributed by atoms with Crippen LogP contribution in [0.25, 0.3) is 65.4 Å². The van der Waals surface area contributed by atoms with Crippen molar-refractivity contribution in [1.82, 2.24) is 0 Å². The van der Waals surface area contributed by atoms with Crippen molar-refractivity contribution < 1.29 is 4.42 Å². The number of hydrogen-bond donors (Lipinski definition) is 0. The van der Waals surface area contributed by atoms with Crippen molar-refractivity contribution in [1.29, 1.82) is 0 Å². The lowest BCUT2D eigenvalue weighted by Gasteiger charge is -2.30. The van der Waals surface area contributed by atoms with Gasteiger partial charge in [-0.1, -0.05) is 129 Å². The van der Waals surface area contributed by atoms with E-state index in [4.69, 9.17) is 4.42 Å². The second-order valence-corrected chi connectivity index (χ2v) is 13.3. The fraction of sp³-hybridized carbons (Fsp3) is 0.0667. The Balaban J connectivity index is 1.34. The molecule has 47 heavy (non-hydrogen) atoms. The Hall–Kier alpha value is -5.86. The van der Waals surface area contributed by atoms with Gasteiger partial charge in [0.15, 0.2) is 0 Å². The first-order chi connectivity index (χ1) is 23.1. The SMILES string of the molecule is CC1(C)c2ccccc2-c2c(N(c3ccc4oc5ccccc5c4c3)c3cccc4ccc5c6ccccc6ccc5c34)cccc21. The molecular formula is C45H31NO. The number of anilines is 3. The van der Waals surface area contributed by atoms with E-state index in [9.17, 15) is 0 Å². The van der Waals surface area contributed by atoms with Crippen LogP contribution in [-0.4, -0.2) is 0 Å². The third-order valence-electron chi connectivity index (χ3n) is 10.4. The lowest BCUT2D eigenvalue weighted by molar-refractivity contribution is 0.660. The lowest BCUT2D eigenvalue weighted by atomic mass is 9.82. The molecule has 0 saturated carbocycles. The Labute approximate surface area is 273 Å². The van der Waals surface area contributed by atoms with Gasteiger partial charge in [0.2, 0.25) is 0 Å². The molecule has 0 N–H and O–H groups in total. The molecule has 0 atom stereocenters. The molecule has 8 aromatic carbocycles. The first kappa shape index (κ1) is 26.4. The van der Waals surface area contributed by atoms with Gasteiger partial charge in [0.05, 0.1) is 11.4 Å². The quantitative estimate of drug-likeness (QED) is 0.187. The normalized spacial score (nSPS) is 13.5. The van der Waals surface area contributed by atoms with Crippen molar-refractivity contribution in [3.05, 3.63) is 163 Å². The molecule has 1 aliphatic rings. The summed E-state index contributed by atoms with van der Waals surface area (Å²) in [5.41, 5.74) is 10.5. The fourth-order valence-corrected chi connectivity index (χ4v) is 8.23. The summed E-state index contributed by atoms with van der Waals surface area (Å²) in [5.74, 6) is 0. The number of nitrogens with zero attached hydrogens (tertiary/aromatic N) is 1. The van der Waals surface area contributed by atoms with E-state index in [2.05, 4.69) is 164 Å². The van der Waals surface area contributed by atoms with Crippen molar-refractivity contribution in [3.63, 3.8) is 0 Å². The van der Waals surface area contributed by atoms with E-state index in [0.29, 0.717) is 0 Å². The predicted molar refractivity (Wildman–Crippen MR) is 198 cm³/mol. The topological polar surface area (TPSA) is 16.4 Å². The minimum atomic E-state index is -0.108. The molecule has 0 amide bonds. The fourth-order valence-electron chi connectivity index (χ4n) is 8.23. The zero-order valence-corrected chi connectivity index (χ0v) is 26.3. The van der Waals surface area contributed by atoms with E-state index in [1.807, 2.05) is 6.07 Å². The second-order valence-electron chi connectivity index (χ2n) is 13.3. The molecule has 9 aromatic rings. The standard InChI is InChI=1S/C45H31NO/c1-45(2)37-16-7-5-15-35(37)44-38(45)17-10-19-40(44)46(30-23-26-42-36(27-30)33-14-6-8-20-41(33)47-42)39-18-9-12-29-22-24-32-31-13-4-3-11-28(31)21-25-34(32)43(29)39/h3-27H,1-2H3. The number of para-hydroxylation sites is 1. The van der Waals surface area contributed by atoms with Gasteiger partial charge in [-0.15, -0.1) is 0 Å². The maximum atomic E-state index is 6.30. The molecule has 0 bridgehead atoms. The average molecular weight is 602 g/mol. The van der Waals surface area contributed by atoms with Gasteiger partial charge < -0.3 is 9.32 Å². The Morgan fingerprint density at radius 3 is 2.09 bits per heavy atom. The monoisotopic (exact) mass is 601 g/mol. The number of hydrogen-bond acceptors (Lipinski definition) is 2. The molecule has 0 spiro atoms. The molecule has 0 saturated heterocycles. The van der Waals surface area contributed by atoms with Gasteiger partial charge >= 0.3 is 0 Å². The van der Waals surface area contributed by atoms with Gasteiger partial charge in [0.25, 0.3) is 0 Å². The van der Waals surface area contributed by atoms with Crippen LogP contribution < -0.4 is 4.90 Å². The maximum Gasteiger partial charge on any atom is 0.135 e. The number of benzene rings is 8. The number of fused-ring (bicyclic) bond motifs is 11. The molecule has 0 radical (unpaired) electrons. The summed E-state index contributed by atoms with van der Waals surface area (Å²) >= 11 is 0. The first-order valence-electron chi connectivity index (χ1n) is 16.4. The molecule has 2 nitrogen and oxygen atoms in total. The minimum absolute atomic E-state index is 0.108. The lowest BCUT2D eigenvalue weighted by Crippen LogP contribution is -2.16. The second kappa shape index (κ2) is 9.57. The van der Waals surface area contributed by atoms with Crippen molar-refractivity contribution in [2.24, 2.45) is 0 Å². The molecule has 0 unspecified atom stereocenters. The summed E-state index contributed by atoms with van der Waals surface area (Å²) in [7, 11) is 0. The van der Waals surface area contributed by atoms with Gasteiger partial charge in [-0.05, 0) is 80.0 Å². The molecular weight excluding hydrogens is 571 g/mol. The van der Waals surface area contributed by atoms with Crippen LogP contribution in [0.5, 0.6) is 0 Å². The van der Waals surface area contributed by atoms with E-state index in [1.165, 1.54) is 60.3 Å². The average Bonchev–Trinajstić information content (AvgIpc) is 3.60. The molecule has 0 fully saturated rings. The van der Waals surface area contributed by atoms with Gasteiger partial charge in [0.1, 0.15) is 11.2 Å². The Kier molecular flexibility index (Phi) is 5.37. The Morgan fingerprint density at radius 2 is 1.15 bits per heavy atom. The highest BCUT2D eigenvalue weighted by Gasteiger charge is 2.38. The van der Waals surface area contributed by atoms with Crippen LogP contribution in [0.15, 0.2) is 156 Å². The van der Waals surface area contributed by atoms with E-state index < -0.39 is 0 Å². The molecule has 1 aromatic heterocycles. The minimum Gasteiger partial charge on any atom is -0.456 e. The summed E-state index contributed by atoms with van der Waals surface area (Å²) in [6.45, 7) is 4.71. The van der Waals surface area contributed by atoms with Crippen molar-refractivity contribution in [3.8, 4) is 11.1 Å². The summed E-state index contributed by atoms with van der Waals surface area (Å²) in [4.78, 5) is 2.50. The van der Waals surface area contributed by atoms with E-state index in [1.54, 1.807) is 0 Å². The zero-order chi connectivity index (χ0) is 31.3. The van der Waals surface area contributed by atoms with Crippen LogP contribution in [0.3, 0.4) is 0 Å². The number of furan rings is 1. The summed E-state index contributed by atoms with van der Waals surface area (Å²) < 4.78 is 6.30. The van der Waals surface area contributed by atoms with E-state index in [-0.39, 0.29) is 5.41 Å². The molecule has 0 aliphatic heterocycles. The van der Waals surface area contributed by atoms with Crippen LogP contribution in [0.1, 0.15) is 25.0 Å². The van der Waals surface area contributed by atoms with E-state index in [0.717, 1.165) is 33.3 Å². The molecule has 2 heteroatoms. The van der Waals surface area contributed by atoms with Gasteiger partial charge in [-0.3, -0.25) is 0 Å². The summed E-state index contributed by atoms with van der Waals surface area (Å²) in [6.07, 6.45) is 0. The largest absolute Gasteiger partial charge is 0.456 e. The highest BCUT2D eigenvalue weighted by Crippen LogP contribution is 2.55. The third-order valence-corrected chi connectivity index (χ3v) is 10.4. The smallest absolute Gasteiger partial charge is 0.135 e. The highest BCUT2D eigenvalue weighted by atomic mass is 16.3. The van der Waals surface area contributed by atoms with E-state index >= 15 is 0 Å². The number of rotatable bonds is 3.